The molecule has 0 aliphatic heterocycles. The van der Waals surface area contributed by atoms with Gasteiger partial charge in [-0.2, -0.15) is 0 Å². The van der Waals surface area contributed by atoms with Crippen molar-refractivity contribution in [3.63, 3.8) is 0 Å². The van der Waals surface area contributed by atoms with E-state index in [-0.39, 0.29) is 11.8 Å². The van der Waals surface area contributed by atoms with Crippen LogP contribution >= 0.6 is 0 Å². The van der Waals surface area contributed by atoms with Gasteiger partial charge in [-0.15, -0.1) is 0 Å². The van der Waals surface area contributed by atoms with Gasteiger partial charge >= 0.3 is 5.97 Å². The summed E-state index contributed by atoms with van der Waals surface area (Å²) in [6, 6.07) is 0. The number of carboxylic acid groups (broad SMARTS) is 1. The van der Waals surface area contributed by atoms with Crippen molar-refractivity contribution < 1.29 is 14.6 Å². The summed E-state index contributed by atoms with van der Waals surface area (Å²) in [6.45, 7) is 2.74. The van der Waals surface area contributed by atoms with Crippen LogP contribution in [0.4, 0.5) is 0 Å². The van der Waals surface area contributed by atoms with Crippen molar-refractivity contribution in [2.75, 3.05) is 20.3 Å². The molecular formula is C8H17NO3. The molecule has 0 bridgehead atoms. The third-order valence-corrected chi connectivity index (χ3v) is 1.91. The predicted octanol–water partition coefficient (Wildman–Crippen LogP) is 0.319. The molecule has 0 heterocycles. The van der Waals surface area contributed by atoms with Crippen LogP contribution in [0, 0.1) is 11.8 Å². The molecule has 0 amide bonds. The molecule has 0 aliphatic carbocycles. The van der Waals surface area contributed by atoms with Gasteiger partial charge in [-0.3, -0.25) is 4.79 Å². The number of carboxylic acids is 1. The third-order valence-electron chi connectivity index (χ3n) is 1.91. The normalized spacial score (nSPS) is 15.6. The summed E-state index contributed by atoms with van der Waals surface area (Å²) in [5.41, 5.74) is 5.30. The summed E-state index contributed by atoms with van der Waals surface area (Å²) in [5, 5.41) is 8.79. The first kappa shape index (κ1) is 11.4. The third kappa shape index (κ3) is 3.69. The molecule has 0 saturated heterocycles. The highest BCUT2D eigenvalue weighted by atomic mass is 16.5. The van der Waals surface area contributed by atoms with E-state index in [2.05, 4.69) is 0 Å². The average molecular weight is 175 g/mol. The lowest BCUT2D eigenvalue weighted by Crippen LogP contribution is -2.27. The Kier molecular flexibility index (Phi) is 5.66. The predicted molar refractivity (Wildman–Crippen MR) is 45.8 cm³/mol. The lowest BCUT2D eigenvalue weighted by atomic mass is 9.92. The van der Waals surface area contributed by atoms with E-state index in [9.17, 15) is 4.79 Å². The van der Waals surface area contributed by atoms with Crippen molar-refractivity contribution >= 4 is 5.97 Å². The Morgan fingerprint density at radius 2 is 2.25 bits per heavy atom. The Morgan fingerprint density at radius 1 is 1.67 bits per heavy atom. The van der Waals surface area contributed by atoms with Gasteiger partial charge in [0.15, 0.2) is 0 Å². The molecule has 0 aromatic carbocycles. The molecule has 0 aromatic rings. The minimum absolute atomic E-state index is 0.0241. The second-order valence-corrected chi connectivity index (χ2v) is 2.95. The number of hydrogen-bond acceptors (Lipinski definition) is 3. The van der Waals surface area contributed by atoms with Crippen LogP contribution in [0.5, 0.6) is 0 Å². The van der Waals surface area contributed by atoms with Crippen LogP contribution in [0.2, 0.25) is 0 Å². The molecule has 72 valence electrons. The largest absolute Gasteiger partial charge is 0.481 e. The maximum atomic E-state index is 10.7. The second kappa shape index (κ2) is 5.97. The molecule has 0 fully saturated rings. The highest BCUT2D eigenvalue weighted by Gasteiger charge is 2.23. The molecule has 12 heavy (non-hydrogen) atoms. The van der Waals surface area contributed by atoms with Gasteiger partial charge in [0, 0.05) is 13.7 Å². The molecule has 4 nitrogen and oxygen atoms in total. The quantitative estimate of drug-likeness (QED) is 0.609. The van der Waals surface area contributed by atoms with E-state index in [1.54, 1.807) is 7.11 Å². The molecule has 4 heteroatoms. The number of rotatable bonds is 6. The number of methoxy groups -OCH3 is 1. The van der Waals surface area contributed by atoms with E-state index in [0.717, 1.165) is 0 Å². The van der Waals surface area contributed by atoms with Crippen molar-refractivity contribution in [3.05, 3.63) is 0 Å². The zero-order valence-corrected chi connectivity index (χ0v) is 7.62. The van der Waals surface area contributed by atoms with Crippen molar-refractivity contribution in [3.8, 4) is 0 Å². The van der Waals surface area contributed by atoms with Crippen molar-refractivity contribution in [2.45, 2.75) is 13.3 Å². The number of nitrogens with two attached hydrogens (primary N) is 1. The van der Waals surface area contributed by atoms with E-state index in [1.165, 1.54) is 0 Å². The minimum atomic E-state index is -0.787. The van der Waals surface area contributed by atoms with Crippen LogP contribution in [0.25, 0.3) is 0 Å². The number of hydrogen-bond donors (Lipinski definition) is 2. The van der Waals surface area contributed by atoms with E-state index < -0.39 is 5.97 Å². The van der Waals surface area contributed by atoms with Crippen molar-refractivity contribution in [2.24, 2.45) is 17.6 Å². The monoisotopic (exact) mass is 175 g/mol. The Morgan fingerprint density at radius 3 is 2.58 bits per heavy atom. The number of aliphatic carboxylic acids is 1. The Hall–Kier alpha value is -0.610. The highest BCUT2D eigenvalue weighted by molar-refractivity contribution is 5.70. The van der Waals surface area contributed by atoms with Gasteiger partial charge in [-0.1, -0.05) is 6.92 Å². The maximum absolute atomic E-state index is 10.7. The van der Waals surface area contributed by atoms with Gasteiger partial charge in [-0.05, 0) is 18.9 Å². The first-order valence-electron chi connectivity index (χ1n) is 4.05. The second-order valence-electron chi connectivity index (χ2n) is 2.95. The maximum Gasteiger partial charge on any atom is 0.306 e. The average Bonchev–Trinajstić information content (AvgIpc) is 1.99. The number of ether oxygens (including phenoxy) is 1. The SMILES string of the molecule is COCC(C)C(CCN)C(=O)O. The van der Waals surface area contributed by atoms with Gasteiger partial charge in [-0.25, -0.2) is 0 Å². The van der Waals surface area contributed by atoms with E-state index in [1.807, 2.05) is 6.92 Å². The summed E-state index contributed by atoms with van der Waals surface area (Å²) >= 11 is 0. The first-order chi connectivity index (χ1) is 5.63. The summed E-state index contributed by atoms with van der Waals surface area (Å²) < 4.78 is 4.88. The minimum Gasteiger partial charge on any atom is -0.481 e. The lowest BCUT2D eigenvalue weighted by Gasteiger charge is -2.18. The lowest BCUT2D eigenvalue weighted by molar-refractivity contribution is -0.144. The number of carbonyl (C=O) groups is 1. The van der Waals surface area contributed by atoms with Crippen LogP contribution in [0.3, 0.4) is 0 Å². The van der Waals surface area contributed by atoms with Gasteiger partial charge in [0.25, 0.3) is 0 Å². The Balaban J connectivity index is 3.99. The fourth-order valence-corrected chi connectivity index (χ4v) is 1.21. The highest BCUT2D eigenvalue weighted by Crippen LogP contribution is 2.15. The molecule has 2 unspecified atom stereocenters. The summed E-state index contributed by atoms with van der Waals surface area (Å²) in [7, 11) is 1.57. The molecule has 0 aliphatic rings. The molecule has 0 spiro atoms. The Bertz CT molecular complexity index is 138. The van der Waals surface area contributed by atoms with E-state index in [0.29, 0.717) is 19.6 Å². The van der Waals surface area contributed by atoms with Crippen LogP contribution in [-0.4, -0.2) is 31.3 Å². The van der Waals surface area contributed by atoms with Crippen LogP contribution in [0.15, 0.2) is 0 Å². The van der Waals surface area contributed by atoms with Gasteiger partial charge in [0.2, 0.25) is 0 Å². The summed E-state index contributed by atoms with van der Waals surface area (Å²) in [6.07, 6.45) is 0.514. The van der Waals surface area contributed by atoms with E-state index in [4.69, 9.17) is 15.6 Å². The molecule has 0 aromatic heterocycles. The Labute approximate surface area is 72.7 Å². The smallest absolute Gasteiger partial charge is 0.306 e. The van der Waals surface area contributed by atoms with Crippen molar-refractivity contribution in [1.82, 2.24) is 0 Å². The fourth-order valence-electron chi connectivity index (χ4n) is 1.21. The zero-order chi connectivity index (χ0) is 9.56. The molecule has 0 radical (unpaired) electrons. The zero-order valence-electron chi connectivity index (χ0n) is 7.62. The summed E-state index contributed by atoms with van der Waals surface area (Å²) in [5.74, 6) is -1.14. The van der Waals surface area contributed by atoms with Gasteiger partial charge < -0.3 is 15.6 Å². The molecular weight excluding hydrogens is 158 g/mol. The van der Waals surface area contributed by atoms with Gasteiger partial charge in [0.1, 0.15) is 0 Å². The fraction of sp³-hybridized carbons (Fsp3) is 0.875. The van der Waals surface area contributed by atoms with Crippen LogP contribution in [0.1, 0.15) is 13.3 Å². The molecule has 3 N–H and O–H groups in total. The molecule has 0 rings (SSSR count). The molecule has 0 saturated carbocycles. The van der Waals surface area contributed by atoms with Crippen molar-refractivity contribution in [1.29, 1.82) is 0 Å². The molecule has 2 atom stereocenters. The standard InChI is InChI=1S/C8H17NO3/c1-6(5-12-2)7(3-4-9)8(10)11/h6-7H,3-5,9H2,1-2H3,(H,10,11). The topological polar surface area (TPSA) is 72.5 Å². The first-order valence-corrected chi connectivity index (χ1v) is 4.05. The van der Waals surface area contributed by atoms with Crippen LogP contribution in [-0.2, 0) is 9.53 Å². The van der Waals surface area contributed by atoms with Crippen LogP contribution < -0.4 is 5.73 Å². The van der Waals surface area contributed by atoms with Gasteiger partial charge in [0.05, 0.1) is 5.92 Å². The summed E-state index contributed by atoms with van der Waals surface area (Å²) in [4.78, 5) is 10.7. The van der Waals surface area contributed by atoms with E-state index >= 15 is 0 Å².